The van der Waals surface area contributed by atoms with Crippen LogP contribution >= 0.6 is 23.1 Å². The van der Waals surface area contributed by atoms with Gasteiger partial charge in [0, 0.05) is 24.0 Å². The fourth-order valence-corrected chi connectivity index (χ4v) is 6.22. The average Bonchev–Trinajstić information content (AvgIpc) is 3.38. The molecular weight excluding hydrogens is 474 g/mol. The maximum Gasteiger partial charge on any atom is 0.322 e. The van der Waals surface area contributed by atoms with Crippen molar-refractivity contribution in [2.45, 2.75) is 36.3 Å². The summed E-state index contributed by atoms with van der Waals surface area (Å²) >= 11 is 2.84. The second-order valence-corrected chi connectivity index (χ2v) is 10.7. The standard InChI is InChI=1S/C23H23N5O4S2/c1-13(20(30)28-9-7-23(8-10-28)21(31)26-22(32)27-23)33-12-16-24-18(29)17-15(11-34-19(17)25-16)14-5-3-2-4-6-14/h2-6,11,13H,7-10,12H2,1H3,(H,24,25,29)(H2,26,27,31,32)/t13-/m1/s1. The zero-order chi connectivity index (χ0) is 23.9. The van der Waals surface area contributed by atoms with Gasteiger partial charge in [0.05, 0.1) is 16.4 Å². The van der Waals surface area contributed by atoms with Crippen LogP contribution in [0.5, 0.6) is 0 Å². The van der Waals surface area contributed by atoms with Crippen LogP contribution in [0, 0.1) is 0 Å². The highest BCUT2D eigenvalue weighted by Crippen LogP contribution is 2.31. The molecule has 3 aromatic rings. The zero-order valence-electron chi connectivity index (χ0n) is 18.4. The number of hydrogen-bond acceptors (Lipinski definition) is 7. The summed E-state index contributed by atoms with van der Waals surface area (Å²) in [6.07, 6.45) is 0.780. The normalized spacial score (nSPS) is 18.2. The predicted octanol–water partition coefficient (Wildman–Crippen LogP) is 2.47. The molecule has 5 rings (SSSR count). The molecule has 0 saturated carbocycles. The van der Waals surface area contributed by atoms with E-state index < -0.39 is 11.6 Å². The molecule has 9 nitrogen and oxygen atoms in total. The fourth-order valence-electron chi connectivity index (χ4n) is 4.41. The number of imide groups is 1. The van der Waals surface area contributed by atoms with E-state index in [4.69, 9.17) is 0 Å². The third kappa shape index (κ3) is 4.09. The second-order valence-electron chi connectivity index (χ2n) is 8.48. The van der Waals surface area contributed by atoms with Crippen molar-refractivity contribution in [3.63, 3.8) is 0 Å². The minimum absolute atomic E-state index is 0.0319. The molecule has 2 saturated heterocycles. The number of urea groups is 1. The van der Waals surface area contributed by atoms with Crippen LogP contribution in [0.4, 0.5) is 4.79 Å². The van der Waals surface area contributed by atoms with E-state index in [1.807, 2.05) is 42.6 Å². The number of thioether (sulfide) groups is 1. The number of nitrogens with zero attached hydrogens (tertiary/aromatic N) is 2. The molecule has 0 bridgehead atoms. The summed E-state index contributed by atoms with van der Waals surface area (Å²) in [5.41, 5.74) is 0.757. The number of aromatic nitrogens is 2. The lowest BCUT2D eigenvalue weighted by molar-refractivity contribution is -0.135. The van der Waals surface area contributed by atoms with Gasteiger partial charge in [-0.25, -0.2) is 9.78 Å². The van der Waals surface area contributed by atoms with Crippen molar-refractivity contribution < 1.29 is 14.4 Å². The molecule has 176 valence electrons. The maximum atomic E-state index is 12.9. The lowest BCUT2D eigenvalue weighted by atomic mass is 9.87. The van der Waals surface area contributed by atoms with Crippen LogP contribution < -0.4 is 16.2 Å². The first kappa shape index (κ1) is 22.6. The van der Waals surface area contributed by atoms with Crippen LogP contribution in [0.15, 0.2) is 40.5 Å². The Morgan fingerprint density at radius 2 is 1.94 bits per heavy atom. The minimum atomic E-state index is -0.900. The van der Waals surface area contributed by atoms with Gasteiger partial charge in [0.2, 0.25) is 5.91 Å². The first-order valence-corrected chi connectivity index (χ1v) is 12.9. The Morgan fingerprint density at radius 3 is 2.62 bits per heavy atom. The average molecular weight is 498 g/mol. The van der Waals surface area contributed by atoms with E-state index in [9.17, 15) is 19.2 Å². The Morgan fingerprint density at radius 1 is 1.21 bits per heavy atom. The third-order valence-corrected chi connectivity index (χ3v) is 8.35. The summed E-state index contributed by atoms with van der Waals surface area (Å²) < 4.78 is 0. The van der Waals surface area contributed by atoms with Crippen molar-refractivity contribution in [1.82, 2.24) is 25.5 Å². The number of carbonyl (C=O) groups is 3. The second kappa shape index (κ2) is 8.88. The summed E-state index contributed by atoms with van der Waals surface area (Å²) in [4.78, 5) is 59.2. The summed E-state index contributed by atoms with van der Waals surface area (Å²) in [7, 11) is 0. The summed E-state index contributed by atoms with van der Waals surface area (Å²) in [6.45, 7) is 2.63. The van der Waals surface area contributed by atoms with Crippen LogP contribution in [0.2, 0.25) is 0 Å². The molecule has 4 heterocycles. The van der Waals surface area contributed by atoms with Gasteiger partial charge >= 0.3 is 6.03 Å². The fraction of sp³-hybridized carbons (Fsp3) is 0.348. The number of nitrogens with one attached hydrogen (secondary N) is 3. The van der Waals surface area contributed by atoms with Crippen LogP contribution in [-0.2, 0) is 15.3 Å². The number of piperidine rings is 1. The lowest BCUT2D eigenvalue weighted by Crippen LogP contribution is -2.56. The van der Waals surface area contributed by atoms with Crippen LogP contribution in [0.1, 0.15) is 25.6 Å². The molecule has 3 N–H and O–H groups in total. The van der Waals surface area contributed by atoms with Crippen LogP contribution in [0.25, 0.3) is 21.3 Å². The number of carbonyl (C=O) groups excluding carboxylic acids is 3. The van der Waals surface area contributed by atoms with E-state index in [2.05, 4.69) is 20.6 Å². The van der Waals surface area contributed by atoms with Crippen molar-refractivity contribution in [1.29, 1.82) is 0 Å². The van der Waals surface area contributed by atoms with Gasteiger partial charge in [0.1, 0.15) is 16.2 Å². The van der Waals surface area contributed by atoms with Gasteiger partial charge in [-0.2, -0.15) is 0 Å². The van der Waals surface area contributed by atoms with Gasteiger partial charge in [-0.1, -0.05) is 30.3 Å². The van der Waals surface area contributed by atoms with E-state index in [-0.39, 0.29) is 22.6 Å². The van der Waals surface area contributed by atoms with Crippen molar-refractivity contribution in [3.8, 4) is 11.1 Å². The largest absolute Gasteiger partial charge is 0.342 e. The van der Waals surface area contributed by atoms with Crippen molar-refractivity contribution in [2.75, 3.05) is 13.1 Å². The van der Waals surface area contributed by atoms with Crippen LogP contribution in [0.3, 0.4) is 0 Å². The molecule has 1 spiro atoms. The van der Waals surface area contributed by atoms with Crippen molar-refractivity contribution >= 4 is 51.2 Å². The van der Waals surface area contributed by atoms with Crippen molar-refractivity contribution in [2.24, 2.45) is 0 Å². The van der Waals surface area contributed by atoms with Gasteiger partial charge in [0.25, 0.3) is 11.5 Å². The first-order valence-electron chi connectivity index (χ1n) is 11.0. The molecule has 1 atom stereocenters. The molecule has 11 heteroatoms. The van der Waals surface area contributed by atoms with Gasteiger partial charge in [0.15, 0.2) is 0 Å². The van der Waals surface area contributed by atoms with Crippen LogP contribution in [-0.4, -0.2) is 56.6 Å². The third-order valence-electron chi connectivity index (χ3n) is 6.34. The molecule has 34 heavy (non-hydrogen) atoms. The SMILES string of the molecule is C[C@@H](SCc1nc2scc(-c3ccccc3)c2c(=O)[nH]1)C(=O)N1CCC2(CC1)NC(=O)NC2=O. The van der Waals surface area contributed by atoms with E-state index in [1.165, 1.54) is 23.1 Å². The predicted molar refractivity (Wildman–Crippen MR) is 132 cm³/mol. The number of thiophene rings is 1. The number of benzene rings is 1. The summed E-state index contributed by atoms with van der Waals surface area (Å²) in [5.74, 6) is 0.580. The lowest BCUT2D eigenvalue weighted by Gasteiger charge is -2.37. The molecule has 2 aromatic heterocycles. The zero-order valence-corrected chi connectivity index (χ0v) is 20.1. The Bertz CT molecular complexity index is 1330. The Hall–Kier alpha value is -3.18. The maximum absolute atomic E-state index is 12.9. The quantitative estimate of drug-likeness (QED) is 0.465. The van der Waals surface area contributed by atoms with E-state index in [0.29, 0.717) is 47.7 Å². The minimum Gasteiger partial charge on any atom is -0.342 e. The summed E-state index contributed by atoms with van der Waals surface area (Å²) in [6, 6.07) is 9.26. The monoisotopic (exact) mass is 497 g/mol. The number of H-pyrrole nitrogens is 1. The van der Waals surface area contributed by atoms with E-state index >= 15 is 0 Å². The van der Waals surface area contributed by atoms with Gasteiger partial charge in [-0.3, -0.25) is 19.7 Å². The molecule has 2 aliphatic heterocycles. The molecule has 0 radical (unpaired) electrons. The van der Waals surface area contributed by atoms with Crippen molar-refractivity contribution in [3.05, 3.63) is 51.9 Å². The van der Waals surface area contributed by atoms with Gasteiger partial charge < -0.3 is 15.2 Å². The number of fused-ring (bicyclic) bond motifs is 1. The smallest absolute Gasteiger partial charge is 0.322 e. The molecule has 0 aliphatic carbocycles. The topological polar surface area (TPSA) is 124 Å². The highest BCUT2D eigenvalue weighted by molar-refractivity contribution is 7.99. The molecule has 2 aliphatic rings. The highest BCUT2D eigenvalue weighted by Gasteiger charge is 2.48. The first-order chi connectivity index (χ1) is 16.4. The Balaban J connectivity index is 1.22. The number of rotatable bonds is 5. The van der Waals surface area contributed by atoms with E-state index in [0.717, 1.165) is 11.1 Å². The number of hydrogen-bond donors (Lipinski definition) is 3. The number of aromatic amines is 1. The highest BCUT2D eigenvalue weighted by atomic mass is 32.2. The summed E-state index contributed by atoms with van der Waals surface area (Å²) in [5, 5.41) is 7.17. The molecule has 2 fully saturated rings. The molecular formula is C23H23N5O4S2. The Labute approximate surface area is 203 Å². The number of likely N-dealkylation sites (tertiary alicyclic amines) is 1. The molecule has 1 aromatic carbocycles. The molecule has 4 amide bonds. The van der Waals surface area contributed by atoms with Gasteiger partial charge in [-0.05, 0) is 25.3 Å². The van der Waals surface area contributed by atoms with Gasteiger partial charge in [-0.15, -0.1) is 23.1 Å². The number of amides is 4. The Kier molecular flexibility index (Phi) is 5.90. The molecule has 0 unspecified atom stereocenters. The van der Waals surface area contributed by atoms with E-state index in [1.54, 1.807) is 4.90 Å².